The van der Waals surface area contributed by atoms with Crippen molar-refractivity contribution in [1.82, 2.24) is 10.3 Å². The quantitative estimate of drug-likeness (QED) is 0.249. The molecule has 0 saturated carbocycles. The molecule has 0 radical (unpaired) electrons. The number of hydrogen-bond acceptors (Lipinski definition) is 7. The van der Waals surface area contributed by atoms with Crippen LogP contribution in [0.2, 0.25) is 0 Å². The molecule has 0 unspecified atom stereocenters. The summed E-state index contributed by atoms with van der Waals surface area (Å²) in [4.78, 5) is 50.3. The first-order valence-electron chi connectivity index (χ1n) is 10.5. The number of methoxy groups -OCH3 is 1. The zero-order valence-corrected chi connectivity index (χ0v) is 20.5. The van der Waals surface area contributed by atoms with Crippen LogP contribution < -0.4 is 26.1 Å². The van der Waals surface area contributed by atoms with Crippen molar-refractivity contribution in [2.45, 2.75) is 6.42 Å². The summed E-state index contributed by atoms with van der Waals surface area (Å²) in [7, 11) is 1.31. The van der Waals surface area contributed by atoms with E-state index >= 15 is 0 Å². The van der Waals surface area contributed by atoms with Crippen molar-refractivity contribution < 1.29 is 34.1 Å². The summed E-state index contributed by atoms with van der Waals surface area (Å²) in [5, 5.41) is 22.0. The van der Waals surface area contributed by atoms with Crippen LogP contribution in [0.5, 0.6) is 11.5 Å². The Morgan fingerprint density at radius 3 is 2.33 bits per heavy atom. The number of aromatic carboxylic acids is 2. The number of carboxylic acids is 2. The topological polar surface area (TPSA) is 181 Å². The highest BCUT2D eigenvalue weighted by molar-refractivity contribution is 9.10. The Kier molecular flexibility index (Phi) is 8.33. The number of nitrogens with two attached hydrogens (primary N) is 1. The van der Waals surface area contributed by atoms with Crippen molar-refractivity contribution in [1.29, 1.82) is 0 Å². The first-order chi connectivity index (χ1) is 17.1. The maximum Gasteiger partial charge on any atom is 0.342 e. The molecule has 36 heavy (non-hydrogen) atoms. The number of carbonyl (C=O) groups is 3. The molecular formula is C24H22BrN3O8. The van der Waals surface area contributed by atoms with E-state index in [2.05, 4.69) is 21.2 Å². The van der Waals surface area contributed by atoms with Gasteiger partial charge in [-0.25, -0.2) is 9.59 Å². The van der Waals surface area contributed by atoms with Crippen LogP contribution in [0, 0.1) is 0 Å². The molecule has 1 heterocycles. The number of pyridine rings is 1. The van der Waals surface area contributed by atoms with E-state index in [1.165, 1.54) is 19.2 Å². The van der Waals surface area contributed by atoms with Gasteiger partial charge in [0.05, 0.1) is 7.11 Å². The van der Waals surface area contributed by atoms with Gasteiger partial charge in [-0.2, -0.15) is 0 Å². The molecule has 0 bridgehead atoms. The minimum absolute atomic E-state index is 0.0131. The largest absolute Gasteiger partial charge is 0.493 e. The molecule has 0 spiro atoms. The number of aromatic amines is 1. The van der Waals surface area contributed by atoms with Gasteiger partial charge in [0.25, 0.3) is 11.5 Å². The third-order valence-corrected chi connectivity index (χ3v) is 5.79. The minimum atomic E-state index is -1.65. The van der Waals surface area contributed by atoms with Crippen LogP contribution in [0.25, 0.3) is 11.1 Å². The molecule has 0 fully saturated rings. The highest BCUT2D eigenvalue weighted by Gasteiger charge is 2.28. The van der Waals surface area contributed by atoms with Gasteiger partial charge in [-0.15, -0.1) is 0 Å². The normalized spacial score (nSPS) is 10.5. The van der Waals surface area contributed by atoms with E-state index in [9.17, 15) is 29.4 Å². The summed E-state index contributed by atoms with van der Waals surface area (Å²) in [6.45, 7) is 0.0710. The fourth-order valence-electron chi connectivity index (χ4n) is 3.50. The second kappa shape index (κ2) is 11.4. The van der Waals surface area contributed by atoms with Gasteiger partial charge in [0, 0.05) is 22.1 Å². The summed E-state index contributed by atoms with van der Waals surface area (Å²) < 4.78 is 11.1. The molecule has 0 atom stereocenters. The third kappa shape index (κ3) is 5.84. The first kappa shape index (κ1) is 26.3. The maximum absolute atomic E-state index is 12.3. The van der Waals surface area contributed by atoms with E-state index in [4.69, 9.17) is 15.2 Å². The first-order valence-corrected chi connectivity index (χ1v) is 11.3. The van der Waals surface area contributed by atoms with Crippen LogP contribution in [-0.4, -0.2) is 53.3 Å². The van der Waals surface area contributed by atoms with Crippen LogP contribution in [0.4, 0.5) is 5.82 Å². The van der Waals surface area contributed by atoms with Gasteiger partial charge in [-0.3, -0.25) is 9.59 Å². The van der Waals surface area contributed by atoms with Gasteiger partial charge in [-0.1, -0.05) is 46.3 Å². The van der Waals surface area contributed by atoms with Crippen LogP contribution in [0.1, 0.15) is 26.3 Å². The Labute approximate surface area is 213 Å². The Morgan fingerprint density at radius 1 is 1.06 bits per heavy atom. The Morgan fingerprint density at radius 2 is 1.72 bits per heavy atom. The molecule has 12 heteroatoms. The lowest BCUT2D eigenvalue weighted by Gasteiger charge is -2.17. The number of nitrogens with one attached hydrogen (secondary N) is 2. The molecule has 6 N–H and O–H groups in total. The molecule has 2 aromatic carbocycles. The molecule has 11 nitrogen and oxygen atoms in total. The number of anilines is 1. The van der Waals surface area contributed by atoms with Crippen molar-refractivity contribution in [3.05, 3.63) is 74.0 Å². The summed E-state index contributed by atoms with van der Waals surface area (Å²) in [5.74, 6) is -3.89. The molecule has 0 aliphatic rings. The van der Waals surface area contributed by atoms with Crippen molar-refractivity contribution in [3.63, 3.8) is 0 Å². The van der Waals surface area contributed by atoms with Crippen LogP contribution in [-0.2, 0) is 11.2 Å². The number of amides is 1. The number of hydrogen-bond donors (Lipinski definition) is 5. The smallest absolute Gasteiger partial charge is 0.342 e. The number of carboxylic acid groups (broad SMARTS) is 2. The minimum Gasteiger partial charge on any atom is -0.493 e. The second-order valence-corrected chi connectivity index (χ2v) is 8.31. The van der Waals surface area contributed by atoms with Crippen LogP contribution in [0.15, 0.2) is 51.7 Å². The molecule has 0 saturated heterocycles. The lowest BCUT2D eigenvalue weighted by Crippen LogP contribution is -2.30. The average Bonchev–Trinajstić information content (AvgIpc) is 2.82. The number of nitrogen functional groups attached to an aromatic ring is 1. The van der Waals surface area contributed by atoms with E-state index in [0.717, 1.165) is 5.56 Å². The summed E-state index contributed by atoms with van der Waals surface area (Å²) in [6, 6.07) is 12.3. The Hall–Kier alpha value is -4.32. The molecule has 3 rings (SSSR count). The summed E-state index contributed by atoms with van der Waals surface area (Å²) >= 11 is 3.26. The number of ether oxygens (including phenoxy) is 2. The Bertz CT molecular complexity index is 1370. The molecule has 0 aliphatic heterocycles. The van der Waals surface area contributed by atoms with Gasteiger partial charge in [0.15, 0.2) is 18.1 Å². The van der Waals surface area contributed by atoms with Crippen molar-refractivity contribution in [2.24, 2.45) is 0 Å². The fraction of sp³-hybridized carbons (Fsp3) is 0.167. The van der Waals surface area contributed by atoms with Gasteiger partial charge >= 0.3 is 11.9 Å². The van der Waals surface area contributed by atoms with Crippen LogP contribution in [0.3, 0.4) is 0 Å². The zero-order valence-electron chi connectivity index (χ0n) is 19.0. The SMILES string of the molecule is COc1cc(-c2c(C(=O)O)c(N)[nH]c(=O)c2C(=O)O)c(Br)cc1OCC(=O)NCCc1ccccc1. The molecule has 3 aromatic rings. The highest BCUT2D eigenvalue weighted by atomic mass is 79.9. The molecule has 188 valence electrons. The molecule has 0 aliphatic carbocycles. The van der Waals surface area contributed by atoms with Crippen molar-refractivity contribution in [3.8, 4) is 22.6 Å². The highest BCUT2D eigenvalue weighted by Crippen LogP contribution is 2.41. The second-order valence-electron chi connectivity index (χ2n) is 7.46. The van der Waals surface area contributed by atoms with Crippen molar-refractivity contribution in [2.75, 3.05) is 26.0 Å². The average molecular weight is 560 g/mol. The predicted molar refractivity (Wildman–Crippen MR) is 134 cm³/mol. The maximum atomic E-state index is 12.3. The number of carbonyl (C=O) groups excluding carboxylic acids is 1. The lowest BCUT2D eigenvalue weighted by atomic mass is 9.95. The molecular weight excluding hydrogens is 538 g/mol. The fourth-order valence-corrected chi connectivity index (χ4v) is 4.02. The van der Waals surface area contributed by atoms with E-state index in [0.29, 0.717) is 13.0 Å². The van der Waals surface area contributed by atoms with Gasteiger partial charge in [0.1, 0.15) is 16.9 Å². The Balaban J connectivity index is 1.88. The van der Waals surface area contributed by atoms with Crippen LogP contribution >= 0.6 is 15.9 Å². The monoisotopic (exact) mass is 559 g/mol. The molecule has 1 aromatic heterocycles. The third-order valence-electron chi connectivity index (χ3n) is 5.13. The lowest BCUT2D eigenvalue weighted by molar-refractivity contribution is -0.123. The predicted octanol–water partition coefficient (Wildman–Crippen LogP) is 2.53. The summed E-state index contributed by atoms with van der Waals surface area (Å²) in [5.41, 5.74) is 3.89. The number of aromatic nitrogens is 1. The number of benzene rings is 2. The standard InChI is InChI=1S/C24H22BrN3O8/c1-35-15-9-13(18-19(23(31)32)21(26)28-22(30)20(18)24(33)34)14(25)10-16(15)36-11-17(29)27-8-7-12-5-3-2-4-6-12/h2-6,9-10H,7-8,11H2,1H3,(H,27,29)(H,31,32)(H,33,34)(H3,26,28,30). The molecule has 1 amide bonds. The van der Waals surface area contributed by atoms with Crippen molar-refractivity contribution >= 4 is 39.6 Å². The van der Waals surface area contributed by atoms with Gasteiger partial charge in [-0.05, 0) is 24.1 Å². The number of H-pyrrole nitrogens is 1. The van der Waals surface area contributed by atoms with Gasteiger partial charge in [0.2, 0.25) is 0 Å². The number of halogens is 1. The van der Waals surface area contributed by atoms with E-state index in [1.54, 1.807) is 0 Å². The zero-order chi connectivity index (χ0) is 26.4. The number of rotatable bonds is 10. The summed E-state index contributed by atoms with van der Waals surface area (Å²) in [6.07, 6.45) is 0.646. The van der Waals surface area contributed by atoms with E-state index < -0.39 is 40.0 Å². The van der Waals surface area contributed by atoms with E-state index in [-0.39, 0.29) is 34.0 Å². The van der Waals surface area contributed by atoms with E-state index in [1.807, 2.05) is 35.3 Å². The van der Waals surface area contributed by atoms with Gasteiger partial charge < -0.3 is 35.7 Å².